The van der Waals surface area contributed by atoms with E-state index >= 15 is 0 Å². The summed E-state index contributed by atoms with van der Waals surface area (Å²) in [5.41, 5.74) is 7.18. The van der Waals surface area contributed by atoms with Crippen molar-refractivity contribution in [3.05, 3.63) is 34.9 Å². The van der Waals surface area contributed by atoms with Gasteiger partial charge in [0, 0.05) is 30.2 Å². The summed E-state index contributed by atoms with van der Waals surface area (Å²) in [6.45, 7) is 4.30. The van der Waals surface area contributed by atoms with Crippen molar-refractivity contribution in [3.63, 3.8) is 0 Å². The molecule has 3 heteroatoms. The van der Waals surface area contributed by atoms with E-state index in [4.69, 9.17) is 17.3 Å². The lowest BCUT2D eigenvalue weighted by atomic mass is 10.1. The number of rotatable bonds is 2. The lowest BCUT2D eigenvalue weighted by Crippen LogP contribution is -2.28. The van der Waals surface area contributed by atoms with Crippen molar-refractivity contribution in [1.82, 2.24) is 4.90 Å². The summed E-state index contributed by atoms with van der Waals surface area (Å²) in [6, 6.07) is 8.83. The largest absolute Gasteiger partial charge is 0.326 e. The Morgan fingerprint density at radius 2 is 2.33 bits per heavy atom. The zero-order valence-electron chi connectivity index (χ0n) is 8.99. The van der Waals surface area contributed by atoms with Gasteiger partial charge in [0.25, 0.3) is 0 Å². The van der Waals surface area contributed by atoms with Gasteiger partial charge in [-0.1, -0.05) is 23.7 Å². The van der Waals surface area contributed by atoms with E-state index < -0.39 is 0 Å². The molecular formula is C12H17ClN2. The Morgan fingerprint density at radius 3 is 2.93 bits per heavy atom. The van der Waals surface area contributed by atoms with Crippen molar-refractivity contribution in [2.75, 3.05) is 13.1 Å². The highest BCUT2D eigenvalue weighted by atomic mass is 35.5. The molecule has 0 bridgehead atoms. The monoisotopic (exact) mass is 224 g/mol. The third-order valence-corrected chi connectivity index (χ3v) is 3.37. The molecule has 0 saturated carbocycles. The summed E-state index contributed by atoms with van der Waals surface area (Å²) >= 11 is 5.98. The number of hydrogen-bond acceptors (Lipinski definition) is 2. The molecule has 1 unspecified atom stereocenters. The van der Waals surface area contributed by atoms with E-state index in [0.29, 0.717) is 12.1 Å². The smallest absolute Gasteiger partial charge is 0.0409 e. The van der Waals surface area contributed by atoms with E-state index in [1.807, 2.05) is 18.2 Å². The minimum atomic E-state index is 0.339. The van der Waals surface area contributed by atoms with Gasteiger partial charge in [-0.05, 0) is 31.0 Å². The summed E-state index contributed by atoms with van der Waals surface area (Å²) < 4.78 is 0. The first-order chi connectivity index (χ1) is 7.16. The van der Waals surface area contributed by atoms with E-state index in [2.05, 4.69) is 17.9 Å². The molecule has 1 aliphatic rings. The molecular weight excluding hydrogens is 208 g/mol. The van der Waals surface area contributed by atoms with Crippen molar-refractivity contribution >= 4 is 11.6 Å². The lowest BCUT2D eigenvalue weighted by Gasteiger charge is -2.24. The Hall–Kier alpha value is -0.570. The summed E-state index contributed by atoms with van der Waals surface area (Å²) in [6.07, 6.45) is 1.10. The van der Waals surface area contributed by atoms with Gasteiger partial charge in [0.05, 0.1) is 0 Å². The van der Waals surface area contributed by atoms with Gasteiger partial charge >= 0.3 is 0 Å². The molecule has 2 nitrogen and oxygen atoms in total. The minimum absolute atomic E-state index is 0.339. The number of halogens is 1. The van der Waals surface area contributed by atoms with Gasteiger partial charge in [-0.2, -0.15) is 0 Å². The molecule has 82 valence electrons. The second-order valence-electron chi connectivity index (χ2n) is 4.27. The van der Waals surface area contributed by atoms with Crippen molar-refractivity contribution in [3.8, 4) is 0 Å². The Balaban J connectivity index is 2.10. The second kappa shape index (κ2) is 4.52. The summed E-state index contributed by atoms with van der Waals surface area (Å²) in [5, 5.41) is 0.808. The summed E-state index contributed by atoms with van der Waals surface area (Å²) in [5.74, 6) is 0. The highest BCUT2D eigenvalue weighted by molar-refractivity contribution is 6.30. The van der Waals surface area contributed by atoms with Crippen molar-refractivity contribution in [2.45, 2.75) is 25.4 Å². The molecule has 0 aromatic heterocycles. The molecule has 1 aromatic rings. The second-order valence-corrected chi connectivity index (χ2v) is 4.71. The number of benzene rings is 1. The van der Waals surface area contributed by atoms with Crippen molar-refractivity contribution < 1.29 is 0 Å². The van der Waals surface area contributed by atoms with E-state index in [1.54, 1.807) is 0 Å². The summed E-state index contributed by atoms with van der Waals surface area (Å²) in [4.78, 5) is 2.41. The van der Waals surface area contributed by atoms with Crippen LogP contribution in [0.5, 0.6) is 0 Å². The Kier molecular flexibility index (Phi) is 3.29. The average molecular weight is 225 g/mol. The topological polar surface area (TPSA) is 29.3 Å². The van der Waals surface area contributed by atoms with Crippen LogP contribution in [0.15, 0.2) is 24.3 Å². The fraction of sp³-hybridized carbons (Fsp3) is 0.500. The molecule has 2 rings (SSSR count). The fourth-order valence-electron chi connectivity index (χ4n) is 2.14. The molecule has 0 amide bonds. The predicted molar refractivity (Wildman–Crippen MR) is 64.0 cm³/mol. The van der Waals surface area contributed by atoms with Crippen LogP contribution in [0, 0.1) is 0 Å². The zero-order valence-corrected chi connectivity index (χ0v) is 9.74. The van der Waals surface area contributed by atoms with Crippen LogP contribution in [-0.4, -0.2) is 24.0 Å². The number of nitrogens with zero attached hydrogens (tertiary/aromatic N) is 1. The molecule has 1 aliphatic heterocycles. The van der Waals surface area contributed by atoms with Crippen molar-refractivity contribution in [1.29, 1.82) is 0 Å². The number of likely N-dealkylation sites (tertiary alicyclic amines) is 1. The number of hydrogen-bond donors (Lipinski definition) is 1. The maximum absolute atomic E-state index is 5.98. The predicted octanol–water partition coefficient (Wildman–Crippen LogP) is 2.43. The molecule has 0 spiro atoms. The maximum Gasteiger partial charge on any atom is 0.0409 e. The SMILES string of the molecule is CC(c1cccc(Cl)c1)N1CC[C@H](N)C1. The van der Waals surface area contributed by atoms with Gasteiger partial charge in [0.2, 0.25) is 0 Å². The van der Waals surface area contributed by atoms with Crippen LogP contribution in [0.25, 0.3) is 0 Å². The van der Waals surface area contributed by atoms with Crippen LogP contribution in [0.4, 0.5) is 0 Å². The van der Waals surface area contributed by atoms with Gasteiger partial charge in [-0.15, -0.1) is 0 Å². The molecule has 2 N–H and O–H groups in total. The normalized spacial score (nSPS) is 24.3. The lowest BCUT2D eigenvalue weighted by molar-refractivity contribution is 0.260. The quantitative estimate of drug-likeness (QED) is 0.836. The minimum Gasteiger partial charge on any atom is -0.326 e. The molecule has 1 aromatic carbocycles. The Labute approximate surface area is 96.0 Å². The average Bonchev–Trinajstić information content (AvgIpc) is 2.64. The molecule has 15 heavy (non-hydrogen) atoms. The molecule has 0 radical (unpaired) electrons. The first-order valence-corrected chi connectivity index (χ1v) is 5.79. The molecule has 1 heterocycles. The standard InChI is InChI=1S/C12H17ClN2/c1-9(15-6-5-12(14)8-15)10-3-2-4-11(13)7-10/h2-4,7,9,12H,5-6,8,14H2,1H3/t9?,12-/m0/s1. The van der Waals surface area contributed by atoms with Crippen LogP contribution in [0.1, 0.15) is 24.9 Å². The Morgan fingerprint density at radius 1 is 1.53 bits per heavy atom. The fourth-order valence-corrected chi connectivity index (χ4v) is 2.34. The zero-order chi connectivity index (χ0) is 10.8. The molecule has 0 aliphatic carbocycles. The van der Waals surface area contributed by atoms with Crippen molar-refractivity contribution in [2.24, 2.45) is 5.73 Å². The van der Waals surface area contributed by atoms with Gasteiger partial charge in [0.1, 0.15) is 0 Å². The third kappa shape index (κ3) is 2.51. The molecule has 2 atom stereocenters. The van der Waals surface area contributed by atoms with E-state index in [9.17, 15) is 0 Å². The van der Waals surface area contributed by atoms with E-state index in [1.165, 1.54) is 5.56 Å². The molecule has 1 saturated heterocycles. The van der Waals surface area contributed by atoms with Gasteiger partial charge < -0.3 is 5.73 Å². The maximum atomic E-state index is 5.98. The van der Waals surface area contributed by atoms with E-state index in [-0.39, 0.29) is 0 Å². The van der Waals surface area contributed by atoms with E-state index in [0.717, 1.165) is 24.5 Å². The third-order valence-electron chi connectivity index (χ3n) is 3.13. The van der Waals surface area contributed by atoms with Crippen LogP contribution in [-0.2, 0) is 0 Å². The Bertz CT molecular complexity index is 340. The first kappa shape index (κ1) is 10.9. The van der Waals surface area contributed by atoms with Gasteiger partial charge in [-0.25, -0.2) is 0 Å². The summed E-state index contributed by atoms with van der Waals surface area (Å²) in [7, 11) is 0. The highest BCUT2D eigenvalue weighted by Crippen LogP contribution is 2.25. The van der Waals surface area contributed by atoms with Crippen LogP contribution in [0.3, 0.4) is 0 Å². The van der Waals surface area contributed by atoms with Gasteiger partial charge in [0.15, 0.2) is 0 Å². The highest BCUT2D eigenvalue weighted by Gasteiger charge is 2.24. The first-order valence-electron chi connectivity index (χ1n) is 5.42. The van der Waals surface area contributed by atoms with Crippen LogP contribution < -0.4 is 5.73 Å². The number of nitrogens with two attached hydrogens (primary N) is 1. The van der Waals surface area contributed by atoms with Gasteiger partial charge in [-0.3, -0.25) is 4.90 Å². The molecule has 1 fully saturated rings. The van der Waals surface area contributed by atoms with Crippen LogP contribution >= 0.6 is 11.6 Å². The van der Waals surface area contributed by atoms with Crippen LogP contribution in [0.2, 0.25) is 5.02 Å².